The largest absolute Gasteiger partial charge is 0.493 e. The molecular weight excluding hydrogens is 243 g/mol. The fourth-order valence-electron chi connectivity index (χ4n) is 1.74. The number of Topliss-reactive ketones (excluding diaryl/α,β-unsaturated/α-hetero) is 1. The van der Waals surface area contributed by atoms with Gasteiger partial charge in [0, 0.05) is 12.8 Å². The van der Waals surface area contributed by atoms with Gasteiger partial charge in [0.15, 0.2) is 0 Å². The molecule has 2 nitrogen and oxygen atoms in total. The summed E-state index contributed by atoms with van der Waals surface area (Å²) in [5.41, 5.74) is 0.437. The first-order valence-corrected chi connectivity index (χ1v) is 6.18. The molecule has 0 aromatic heterocycles. The Bertz CT molecular complexity index is 537. The minimum absolute atomic E-state index is 0.0268. The predicted molar refractivity (Wildman–Crippen MR) is 71.7 cm³/mol. The van der Waals surface area contributed by atoms with Crippen LogP contribution in [0, 0.1) is 5.82 Å². The first-order chi connectivity index (χ1) is 9.25. The van der Waals surface area contributed by atoms with Gasteiger partial charge in [-0.2, -0.15) is 0 Å². The van der Waals surface area contributed by atoms with Crippen molar-refractivity contribution in [3.8, 4) is 5.75 Å². The summed E-state index contributed by atoms with van der Waals surface area (Å²) in [4.78, 5) is 11.7. The van der Waals surface area contributed by atoms with Crippen molar-refractivity contribution in [2.75, 3.05) is 6.61 Å². The monoisotopic (exact) mass is 258 g/mol. The molecule has 0 unspecified atom stereocenters. The van der Waals surface area contributed by atoms with Crippen LogP contribution in [0.15, 0.2) is 54.6 Å². The van der Waals surface area contributed by atoms with E-state index in [2.05, 4.69) is 0 Å². The summed E-state index contributed by atoms with van der Waals surface area (Å²) in [6, 6.07) is 15.6. The molecule has 2 rings (SSSR count). The summed E-state index contributed by atoms with van der Waals surface area (Å²) < 4.78 is 18.8. The average molecular weight is 258 g/mol. The molecule has 2 aromatic rings. The van der Waals surface area contributed by atoms with E-state index >= 15 is 0 Å². The van der Waals surface area contributed by atoms with Crippen LogP contribution in [0.2, 0.25) is 0 Å². The van der Waals surface area contributed by atoms with Crippen molar-refractivity contribution in [3.63, 3.8) is 0 Å². The number of para-hydroxylation sites is 1. The Labute approximate surface area is 111 Å². The van der Waals surface area contributed by atoms with Crippen LogP contribution < -0.4 is 4.74 Å². The molecule has 98 valence electrons. The Kier molecular flexibility index (Phi) is 4.67. The van der Waals surface area contributed by atoms with E-state index in [9.17, 15) is 9.18 Å². The van der Waals surface area contributed by atoms with Gasteiger partial charge in [0.1, 0.15) is 17.3 Å². The van der Waals surface area contributed by atoms with E-state index in [1.807, 2.05) is 30.3 Å². The molecule has 2 aromatic carbocycles. The first-order valence-electron chi connectivity index (χ1n) is 6.18. The molecule has 0 heterocycles. The average Bonchev–Trinajstić information content (AvgIpc) is 2.43. The molecule has 0 aliphatic carbocycles. The second-order valence-electron chi connectivity index (χ2n) is 4.22. The Balaban J connectivity index is 1.78. The number of halogens is 1. The highest BCUT2D eigenvalue weighted by Crippen LogP contribution is 2.10. The molecule has 0 saturated heterocycles. The number of ether oxygens (including phenoxy) is 1. The third-order valence-corrected chi connectivity index (χ3v) is 2.74. The second-order valence-corrected chi connectivity index (χ2v) is 4.22. The smallest absolute Gasteiger partial charge is 0.140 e. The van der Waals surface area contributed by atoms with Gasteiger partial charge < -0.3 is 4.74 Å². The molecule has 0 N–H and O–H groups in total. The molecule has 0 aliphatic rings. The van der Waals surface area contributed by atoms with Crippen molar-refractivity contribution in [2.45, 2.75) is 12.8 Å². The van der Waals surface area contributed by atoms with E-state index in [-0.39, 0.29) is 24.4 Å². The number of ketones is 1. The lowest BCUT2D eigenvalue weighted by Crippen LogP contribution is -2.09. The zero-order valence-electron chi connectivity index (χ0n) is 10.5. The van der Waals surface area contributed by atoms with Gasteiger partial charge in [0.05, 0.1) is 6.61 Å². The van der Waals surface area contributed by atoms with Crippen molar-refractivity contribution in [1.82, 2.24) is 0 Å². The SMILES string of the molecule is O=C(CCOc1ccccc1)Cc1ccccc1F. The molecule has 3 heteroatoms. The number of rotatable bonds is 6. The summed E-state index contributed by atoms with van der Waals surface area (Å²) >= 11 is 0. The van der Waals surface area contributed by atoms with Crippen LogP contribution in [0.25, 0.3) is 0 Å². The summed E-state index contributed by atoms with van der Waals surface area (Å²) in [6.07, 6.45) is 0.397. The molecule has 0 spiro atoms. The zero-order chi connectivity index (χ0) is 13.5. The zero-order valence-corrected chi connectivity index (χ0v) is 10.5. The number of hydrogen-bond acceptors (Lipinski definition) is 2. The normalized spacial score (nSPS) is 10.2. The summed E-state index contributed by atoms with van der Waals surface area (Å²) in [5, 5.41) is 0. The van der Waals surface area contributed by atoms with E-state index in [1.54, 1.807) is 18.2 Å². The van der Waals surface area contributed by atoms with Crippen molar-refractivity contribution < 1.29 is 13.9 Å². The van der Waals surface area contributed by atoms with Gasteiger partial charge in [-0.3, -0.25) is 4.79 Å². The van der Waals surface area contributed by atoms with Gasteiger partial charge in [-0.25, -0.2) is 4.39 Å². The number of hydrogen-bond donors (Lipinski definition) is 0. The minimum Gasteiger partial charge on any atom is -0.493 e. The highest BCUT2D eigenvalue weighted by atomic mass is 19.1. The van der Waals surface area contributed by atoms with Crippen LogP contribution in [0.1, 0.15) is 12.0 Å². The van der Waals surface area contributed by atoms with E-state index in [4.69, 9.17) is 4.74 Å². The molecule has 0 fully saturated rings. The number of benzene rings is 2. The van der Waals surface area contributed by atoms with Gasteiger partial charge in [-0.15, -0.1) is 0 Å². The minimum atomic E-state index is -0.333. The molecule has 0 atom stereocenters. The lowest BCUT2D eigenvalue weighted by molar-refractivity contribution is -0.118. The van der Waals surface area contributed by atoms with E-state index < -0.39 is 0 Å². The molecule has 0 amide bonds. The number of carbonyl (C=O) groups is 1. The third-order valence-electron chi connectivity index (χ3n) is 2.74. The van der Waals surface area contributed by atoms with Gasteiger partial charge >= 0.3 is 0 Å². The molecule has 19 heavy (non-hydrogen) atoms. The molecule has 0 radical (unpaired) electrons. The summed E-state index contributed by atoms with van der Waals surface area (Å²) in [6.45, 7) is 0.317. The standard InChI is InChI=1S/C16H15FO2/c17-16-9-5-4-6-13(16)12-14(18)10-11-19-15-7-2-1-3-8-15/h1-9H,10-12H2. The predicted octanol–water partition coefficient (Wildman–Crippen LogP) is 3.41. The maximum Gasteiger partial charge on any atom is 0.140 e. The fraction of sp³-hybridized carbons (Fsp3) is 0.188. The van der Waals surface area contributed by atoms with Crippen LogP contribution in [0.3, 0.4) is 0 Å². The highest BCUT2D eigenvalue weighted by Gasteiger charge is 2.07. The first kappa shape index (κ1) is 13.3. The molecular formula is C16H15FO2. The molecule has 0 bridgehead atoms. The second kappa shape index (κ2) is 6.69. The van der Waals surface area contributed by atoms with Crippen molar-refractivity contribution in [3.05, 3.63) is 66.0 Å². The van der Waals surface area contributed by atoms with Crippen LogP contribution in [0.4, 0.5) is 4.39 Å². The highest BCUT2D eigenvalue weighted by molar-refractivity contribution is 5.81. The van der Waals surface area contributed by atoms with Crippen LogP contribution in [-0.2, 0) is 11.2 Å². The fourth-order valence-corrected chi connectivity index (χ4v) is 1.74. The maximum absolute atomic E-state index is 13.4. The van der Waals surface area contributed by atoms with Crippen LogP contribution in [0.5, 0.6) is 5.75 Å². The van der Waals surface area contributed by atoms with E-state index in [1.165, 1.54) is 6.07 Å². The Morgan fingerprint density at radius 1 is 1.00 bits per heavy atom. The number of carbonyl (C=O) groups excluding carboxylic acids is 1. The van der Waals surface area contributed by atoms with Crippen LogP contribution >= 0.6 is 0 Å². The van der Waals surface area contributed by atoms with Gasteiger partial charge in [0.2, 0.25) is 0 Å². The van der Waals surface area contributed by atoms with E-state index in [0.29, 0.717) is 12.2 Å². The van der Waals surface area contributed by atoms with Gasteiger partial charge in [0.25, 0.3) is 0 Å². The Hall–Kier alpha value is -2.16. The van der Waals surface area contributed by atoms with Crippen molar-refractivity contribution in [2.24, 2.45) is 0 Å². The summed E-state index contributed by atoms with van der Waals surface area (Å²) in [7, 11) is 0. The lowest BCUT2D eigenvalue weighted by atomic mass is 10.1. The third kappa shape index (κ3) is 4.21. The van der Waals surface area contributed by atoms with E-state index in [0.717, 1.165) is 5.75 Å². The maximum atomic E-state index is 13.4. The Morgan fingerprint density at radius 3 is 2.42 bits per heavy atom. The molecule has 0 aliphatic heterocycles. The van der Waals surface area contributed by atoms with Gasteiger partial charge in [-0.1, -0.05) is 36.4 Å². The van der Waals surface area contributed by atoms with Crippen molar-refractivity contribution in [1.29, 1.82) is 0 Å². The summed E-state index contributed by atoms with van der Waals surface area (Å²) in [5.74, 6) is 0.377. The Morgan fingerprint density at radius 2 is 1.68 bits per heavy atom. The van der Waals surface area contributed by atoms with Crippen LogP contribution in [-0.4, -0.2) is 12.4 Å². The van der Waals surface area contributed by atoms with Gasteiger partial charge in [-0.05, 0) is 23.8 Å². The topological polar surface area (TPSA) is 26.3 Å². The van der Waals surface area contributed by atoms with Crippen molar-refractivity contribution >= 4 is 5.78 Å². The quantitative estimate of drug-likeness (QED) is 0.793. The molecule has 0 saturated carbocycles. The lowest BCUT2D eigenvalue weighted by Gasteiger charge is -2.05.